The number of aliphatic imine (C=N–C) groups is 1. The molecule has 12 heavy (non-hydrogen) atoms. The minimum absolute atomic E-state index is 0.671. The van der Waals surface area contributed by atoms with Gasteiger partial charge in [0.1, 0.15) is 0 Å². The first-order valence-electron chi connectivity index (χ1n) is 4.25. The maximum absolute atomic E-state index is 5.25. The van der Waals surface area contributed by atoms with E-state index in [2.05, 4.69) is 24.2 Å². The molecule has 0 aliphatic heterocycles. The molecule has 0 aliphatic carbocycles. The Morgan fingerprint density at radius 2 is 2.25 bits per heavy atom. The lowest BCUT2D eigenvalue weighted by atomic mass is 10.2. The highest BCUT2D eigenvalue weighted by atomic mass is 14.9. The van der Waals surface area contributed by atoms with Crippen molar-refractivity contribution < 1.29 is 0 Å². The molecule has 70 valence electrons. The van der Waals surface area contributed by atoms with E-state index >= 15 is 0 Å². The van der Waals surface area contributed by atoms with E-state index in [0.29, 0.717) is 5.92 Å². The Morgan fingerprint density at radius 3 is 2.67 bits per heavy atom. The molecule has 0 heterocycles. The van der Waals surface area contributed by atoms with Crippen LogP contribution in [0.5, 0.6) is 0 Å². The van der Waals surface area contributed by atoms with Crippen molar-refractivity contribution in [3.05, 3.63) is 12.3 Å². The summed E-state index contributed by atoms with van der Waals surface area (Å²) in [6, 6.07) is 0. The topological polar surface area (TPSA) is 50.4 Å². The molecule has 0 aliphatic rings. The maximum atomic E-state index is 5.25. The highest BCUT2D eigenvalue weighted by Gasteiger charge is 1.94. The summed E-state index contributed by atoms with van der Waals surface area (Å²) in [5.74, 6) is 0.671. The lowest BCUT2D eigenvalue weighted by molar-refractivity contribution is 0.582. The van der Waals surface area contributed by atoms with Crippen molar-refractivity contribution in [3.63, 3.8) is 0 Å². The molecule has 0 rings (SSSR count). The Morgan fingerprint density at radius 1 is 1.58 bits per heavy atom. The monoisotopic (exact) mass is 169 g/mol. The van der Waals surface area contributed by atoms with Gasteiger partial charge in [-0.1, -0.05) is 13.8 Å². The fourth-order valence-corrected chi connectivity index (χ4v) is 0.813. The summed E-state index contributed by atoms with van der Waals surface area (Å²) in [6.07, 6.45) is 3.33. The van der Waals surface area contributed by atoms with Crippen LogP contribution in [-0.4, -0.2) is 25.8 Å². The van der Waals surface area contributed by atoms with E-state index in [1.165, 1.54) is 6.20 Å². The Hall–Kier alpha value is -0.830. The Bertz CT molecular complexity index is 159. The molecule has 0 unspecified atom stereocenters. The van der Waals surface area contributed by atoms with E-state index in [1.54, 1.807) is 7.05 Å². The maximum Gasteiger partial charge on any atom is 0.0497 e. The molecular formula is C9H19N3. The molecule has 0 radical (unpaired) electrons. The van der Waals surface area contributed by atoms with Gasteiger partial charge in [0.15, 0.2) is 0 Å². The average Bonchev–Trinajstić information content (AvgIpc) is 2.02. The Labute approximate surface area is 74.8 Å². The molecule has 0 atom stereocenters. The third-order valence-corrected chi connectivity index (χ3v) is 1.43. The first kappa shape index (κ1) is 11.2. The lowest BCUT2D eigenvalue weighted by Crippen LogP contribution is -2.25. The zero-order valence-electron chi connectivity index (χ0n) is 8.17. The summed E-state index contributed by atoms with van der Waals surface area (Å²) < 4.78 is 0. The van der Waals surface area contributed by atoms with Gasteiger partial charge >= 0.3 is 0 Å². The van der Waals surface area contributed by atoms with Crippen molar-refractivity contribution in [2.45, 2.75) is 13.8 Å². The van der Waals surface area contributed by atoms with Crippen LogP contribution < -0.4 is 11.1 Å². The van der Waals surface area contributed by atoms with Gasteiger partial charge in [0.05, 0.1) is 0 Å². The second-order valence-corrected chi connectivity index (χ2v) is 3.10. The van der Waals surface area contributed by atoms with Crippen LogP contribution in [0, 0.1) is 5.92 Å². The molecule has 0 amide bonds. The molecule has 0 saturated carbocycles. The van der Waals surface area contributed by atoms with Crippen molar-refractivity contribution in [3.8, 4) is 0 Å². The average molecular weight is 169 g/mol. The van der Waals surface area contributed by atoms with Crippen molar-refractivity contribution in [1.29, 1.82) is 0 Å². The van der Waals surface area contributed by atoms with Gasteiger partial charge < -0.3 is 11.1 Å². The van der Waals surface area contributed by atoms with Gasteiger partial charge in [-0.15, -0.1) is 0 Å². The lowest BCUT2D eigenvalue weighted by Gasteiger charge is -2.06. The molecule has 0 aromatic carbocycles. The Balaban J connectivity index is 3.60. The smallest absolute Gasteiger partial charge is 0.0497 e. The summed E-state index contributed by atoms with van der Waals surface area (Å²) >= 11 is 0. The fourth-order valence-electron chi connectivity index (χ4n) is 0.813. The summed E-state index contributed by atoms with van der Waals surface area (Å²) in [5.41, 5.74) is 6.23. The third kappa shape index (κ3) is 5.92. The standard InChI is InChI=1S/C9H19N3/c1-8(2)6-12-7-9(11-3)4-5-10/h4-5,8,12H,6-7,10H2,1-3H3. The molecular weight excluding hydrogens is 150 g/mol. The molecule has 0 bridgehead atoms. The van der Waals surface area contributed by atoms with Gasteiger partial charge in [0.2, 0.25) is 0 Å². The van der Waals surface area contributed by atoms with Crippen LogP contribution in [0.25, 0.3) is 0 Å². The highest BCUT2D eigenvalue weighted by molar-refractivity contribution is 5.96. The van der Waals surface area contributed by atoms with E-state index in [0.717, 1.165) is 18.8 Å². The summed E-state index contributed by atoms with van der Waals surface area (Å²) in [6.45, 7) is 6.16. The fraction of sp³-hybridized carbons (Fsp3) is 0.667. The highest BCUT2D eigenvalue weighted by Crippen LogP contribution is 1.87. The van der Waals surface area contributed by atoms with Crippen molar-refractivity contribution in [2.24, 2.45) is 16.6 Å². The van der Waals surface area contributed by atoms with E-state index in [1.807, 2.05) is 6.08 Å². The summed E-state index contributed by atoms with van der Waals surface area (Å²) in [5, 5.41) is 3.28. The SMILES string of the molecule is CN=C(C=CN)CNCC(C)C. The molecule has 0 saturated heterocycles. The van der Waals surface area contributed by atoms with E-state index < -0.39 is 0 Å². The molecule has 0 fully saturated rings. The minimum Gasteiger partial charge on any atom is -0.405 e. The number of rotatable bonds is 5. The van der Waals surface area contributed by atoms with Gasteiger partial charge in [-0.3, -0.25) is 4.99 Å². The van der Waals surface area contributed by atoms with Gasteiger partial charge in [0.25, 0.3) is 0 Å². The number of hydrogen-bond donors (Lipinski definition) is 2. The first-order chi connectivity index (χ1) is 5.70. The number of nitrogens with two attached hydrogens (primary N) is 1. The zero-order valence-corrected chi connectivity index (χ0v) is 8.17. The predicted molar refractivity (Wildman–Crippen MR) is 54.4 cm³/mol. The molecule has 0 aromatic rings. The normalized spacial score (nSPS) is 13.2. The minimum atomic E-state index is 0.671. The van der Waals surface area contributed by atoms with Crippen LogP contribution in [0.4, 0.5) is 0 Å². The van der Waals surface area contributed by atoms with Crippen LogP contribution in [0.15, 0.2) is 17.3 Å². The van der Waals surface area contributed by atoms with E-state index in [-0.39, 0.29) is 0 Å². The number of hydrogen-bond acceptors (Lipinski definition) is 3. The van der Waals surface area contributed by atoms with E-state index in [9.17, 15) is 0 Å². The van der Waals surface area contributed by atoms with Gasteiger partial charge in [0, 0.05) is 19.3 Å². The molecule has 3 heteroatoms. The zero-order chi connectivity index (χ0) is 9.40. The molecule has 0 spiro atoms. The van der Waals surface area contributed by atoms with Crippen molar-refractivity contribution >= 4 is 5.71 Å². The van der Waals surface area contributed by atoms with Crippen LogP contribution in [-0.2, 0) is 0 Å². The van der Waals surface area contributed by atoms with E-state index in [4.69, 9.17) is 5.73 Å². The van der Waals surface area contributed by atoms with Crippen molar-refractivity contribution in [1.82, 2.24) is 5.32 Å². The largest absolute Gasteiger partial charge is 0.405 e. The second-order valence-electron chi connectivity index (χ2n) is 3.10. The van der Waals surface area contributed by atoms with Crippen LogP contribution in [0.1, 0.15) is 13.8 Å². The number of nitrogens with zero attached hydrogens (tertiary/aromatic N) is 1. The predicted octanol–water partition coefficient (Wildman–Crippen LogP) is 0.775. The van der Waals surface area contributed by atoms with Gasteiger partial charge in [-0.2, -0.15) is 0 Å². The molecule has 3 nitrogen and oxygen atoms in total. The second kappa shape index (κ2) is 6.85. The Kier molecular flexibility index (Phi) is 6.38. The van der Waals surface area contributed by atoms with Crippen LogP contribution in [0.3, 0.4) is 0 Å². The number of nitrogens with one attached hydrogen (secondary N) is 1. The van der Waals surface area contributed by atoms with Gasteiger partial charge in [-0.25, -0.2) is 0 Å². The van der Waals surface area contributed by atoms with Gasteiger partial charge in [-0.05, 0) is 24.7 Å². The van der Waals surface area contributed by atoms with Crippen molar-refractivity contribution in [2.75, 3.05) is 20.1 Å². The third-order valence-electron chi connectivity index (χ3n) is 1.43. The first-order valence-corrected chi connectivity index (χ1v) is 4.25. The quantitative estimate of drug-likeness (QED) is 0.597. The summed E-state index contributed by atoms with van der Waals surface area (Å²) in [4.78, 5) is 4.06. The molecule has 3 N–H and O–H groups in total. The van der Waals surface area contributed by atoms with Crippen LogP contribution >= 0.6 is 0 Å². The summed E-state index contributed by atoms with van der Waals surface area (Å²) in [7, 11) is 1.77. The molecule has 0 aromatic heterocycles. The van der Waals surface area contributed by atoms with Crippen LogP contribution in [0.2, 0.25) is 0 Å².